The highest BCUT2D eigenvalue weighted by Gasteiger charge is 2.16. The Labute approximate surface area is 339 Å². The lowest BCUT2D eigenvalue weighted by atomic mass is 10.0. The van der Waals surface area contributed by atoms with Crippen LogP contribution in [0.5, 0.6) is 0 Å². The highest BCUT2D eigenvalue weighted by Crippen LogP contribution is 2.29. The van der Waals surface area contributed by atoms with Gasteiger partial charge in [-0.25, -0.2) is 15.0 Å². The van der Waals surface area contributed by atoms with Crippen molar-refractivity contribution in [2.45, 2.75) is 73.8 Å². The van der Waals surface area contributed by atoms with Crippen LogP contribution in [-0.4, -0.2) is 46.2 Å². The summed E-state index contributed by atoms with van der Waals surface area (Å²) in [6.07, 6.45) is 3.49. The number of aryl methyl sites for hydroxylation is 4. The Kier molecular flexibility index (Phi) is 13.6. The molecule has 1 amide bonds. The quantitative estimate of drug-likeness (QED) is 0.0811. The minimum absolute atomic E-state index is 0.0628. The first-order valence-corrected chi connectivity index (χ1v) is 20.4. The molecule has 6 rings (SSSR count). The number of nitrogens with zero attached hydrogens (tertiary/aromatic N) is 5. The summed E-state index contributed by atoms with van der Waals surface area (Å²) < 4.78 is 0. The molecule has 8 nitrogen and oxygen atoms in total. The number of carbonyl (C=O) groups is 1. The third-order valence-corrected chi connectivity index (χ3v) is 11.0. The van der Waals surface area contributed by atoms with Gasteiger partial charge in [-0.15, -0.1) is 22.7 Å². The number of nitrogen functional groups attached to an aromatic ring is 1. The van der Waals surface area contributed by atoms with E-state index >= 15 is 0 Å². The Morgan fingerprint density at radius 2 is 1.34 bits per heavy atom. The maximum Gasteiger partial charge on any atom is 0.251 e. The molecule has 6 aromatic rings. The molecule has 2 aromatic heterocycles. The number of amides is 1. The minimum Gasteiger partial charge on any atom is -0.399 e. The smallest absolute Gasteiger partial charge is 0.251 e. The second kappa shape index (κ2) is 18.3. The first-order valence-electron chi connectivity index (χ1n) is 18.6. The lowest BCUT2D eigenvalue weighted by molar-refractivity contribution is 0.0919. The SMILES string of the molecule is CCN(C)C=Nc1cc(C)c(Cc2nc(-c3ccc(C#N)cc3)cs2)cc1C.Cc1cc(Cc2nc(-c3ccc(C(=O)NC(C)(C)C)cc3)cs2)c(C)cc1N. The zero-order valence-electron chi connectivity index (χ0n) is 33.8. The van der Waals surface area contributed by atoms with Crippen LogP contribution in [0.2, 0.25) is 0 Å². The number of benzene rings is 4. The number of hydrogen-bond acceptors (Lipinski definition) is 8. The molecule has 0 aliphatic carbocycles. The van der Waals surface area contributed by atoms with E-state index in [1.54, 1.807) is 22.7 Å². The highest BCUT2D eigenvalue weighted by molar-refractivity contribution is 7.10. The number of hydrogen-bond donors (Lipinski definition) is 2. The van der Waals surface area contributed by atoms with Crippen LogP contribution in [0.1, 0.15) is 87.0 Å². The van der Waals surface area contributed by atoms with E-state index in [2.05, 4.69) is 77.9 Å². The van der Waals surface area contributed by atoms with Gasteiger partial charge in [-0.3, -0.25) is 4.79 Å². The van der Waals surface area contributed by atoms with Gasteiger partial charge in [0.25, 0.3) is 5.91 Å². The molecule has 288 valence electrons. The summed E-state index contributed by atoms with van der Waals surface area (Å²) >= 11 is 3.33. The summed E-state index contributed by atoms with van der Waals surface area (Å²) in [7, 11) is 2.02. The van der Waals surface area contributed by atoms with Crippen LogP contribution in [0.3, 0.4) is 0 Å². The molecule has 3 N–H and O–H groups in total. The van der Waals surface area contributed by atoms with Crippen LogP contribution in [-0.2, 0) is 12.8 Å². The van der Waals surface area contributed by atoms with Crippen LogP contribution >= 0.6 is 22.7 Å². The van der Waals surface area contributed by atoms with Crippen molar-refractivity contribution in [3.8, 4) is 28.6 Å². The van der Waals surface area contributed by atoms with Crippen molar-refractivity contribution in [3.63, 3.8) is 0 Å². The molecule has 0 aliphatic rings. The number of thiazole rings is 2. The first-order chi connectivity index (χ1) is 26.6. The van der Waals surface area contributed by atoms with Gasteiger partial charge in [-0.05, 0) is 125 Å². The summed E-state index contributed by atoms with van der Waals surface area (Å²) in [6.45, 7) is 17.3. The molecular formula is C46H51N7OS2. The molecular weight excluding hydrogens is 731 g/mol. The Morgan fingerprint density at radius 3 is 1.86 bits per heavy atom. The van der Waals surface area contributed by atoms with E-state index in [1.165, 1.54) is 27.8 Å². The molecule has 0 radical (unpaired) electrons. The van der Waals surface area contributed by atoms with Crippen LogP contribution < -0.4 is 11.1 Å². The summed E-state index contributed by atoms with van der Waals surface area (Å²) in [5.41, 5.74) is 20.1. The molecule has 0 saturated heterocycles. The molecule has 0 aliphatic heterocycles. The van der Waals surface area contributed by atoms with E-state index in [0.717, 1.165) is 68.9 Å². The number of nitriles is 1. The Bertz CT molecular complexity index is 2360. The molecule has 0 bridgehead atoms. The van der Waals surface area contributed by atoms with Gasteiger partial charge < -0.3 is 16.0 Å². The number of rotatable bonds is 10. The normalized spacial score (nSPS) is 11.2. The first kappa shape index (κ1) is 41.5. The molecule has 0 unspecified atom stereocenters. The minimum atomic E-state index is -0.252. The number of aliphatic imine (C=N–C) groups is 1. The van der Waals surface area contributed by atoms with Gasteiger partial charge in [0.1, 0.15) is 0 Å². The molecule has 4 aromatic carbocycles. The molecule has 0 saturated carbocycles. The predicted octanol–water partition coefficient (Wildman–Crippen LogP) is 10.6. The maximum atomic E-state index is 12.3. The van der Waals surface area contributed by atoms with Crippen LogP contribution in [0.15, 0.2) is 88.5 Å². The van der Waals surface area contributed by atoms with Gasteiger partial charge >= 0.3 is 0 Å². The van der Waals surface area contributed by atoms with E-state index in [-0.39, 0.29) is 11.4 Å². The summed E-state index contributed by atoms with van der Waals surface area (Å²) in [5.74, 6) is -0.0628. The number of nitrogens with one attached hydrogen (secondary N) is 1. The van der Waals surface area contributed by atoms with Crippen LogP contribution in [0.4, 0.5) is 11.4 Å². The van der Waals surface area contributed by atoms with E-state index in [4.69, 9.17) is 21.0 Å². The molecule has 10 heteroatoms. The van der Waals surface area contributed by atoms with Crippen molar-refractivity contribution in [1.82, 2.24) is 20.2 Å². The summed E-state index contributed by atoms with van der Waals surface area (Å²) in [6, 6.07) is 25.9. The highest BCUT2D eigenvalue weighted by atomic mass is 32.1. The van der Waals surface area contributed by atoms with Gasteiger partial charge in [0.2, 0.25) is 0 Å². The number of nitrogens with two attached hydrogens (primary N) is 1. The van der Waals surface area contributed by atoms with E-state index < -0.39 is 0 Å². The zero-order chi connectivity index (χ0) is 40.6. The van der Waals surface area contributed by atoms with Gasteiger partial charge in [-0.1, -0.05) is 36.4 Å². The third-order valence-electron chi connectivity index (χ3n) is 9.30. The number of anilines is 1. The van der Waals surface area contributed by atoms with Gasteiger partial charge in [0.15, 0.2) is 0 Å². The van der Waals surface area contributed by atoms with Crippen molar-refractivity contribution in [1.29, 1.82) is 5.26 Å². The summed E-state index contributed by atoms with van der Waals surface area (Å²) in [4.78, 5) is 28.5. The monoisotopic (exact) mass is 781 g/mol. The largest absolute Gasteiger partial charge is 0.399 e. The van der Waals surface area contributed by atoms with Crippen molar-refractivity contribution in [3.05, 3.63) is 138 Å². The molecule has 0 fully saturated rings. The second-order valence-corrected chi connectivity index (χ2v) is 17.0. The van der Waals surface area contributed by atoms with Gasteiger partial charge in [-0.2, -0.15) is 5.26 Å². The van der Waals surface area contributed by atoms with Crippen LogP contribution in [0.25, 0.3) is 22.5 Å². The molecule has 56 heavy (non-hydrogen) atoms. The van der Waals surface area contributed by atoms with Crippen molar-refractivity contribution < 1.29 is 4.79 Å². The third kappa shape index (κ3) is 11.2. The average molecular weight is 782 g/mol. The van der Waals surface area contributed by atoms with Gasteiger partial charge in [0.05, 0.1) is 45.1 Å². The fourth-order valence-corrected chi connectivity index (χ4v) is 7.47. The zero-order valence-corrected chi connectivity index (χ0v) is 35.5. The Hall–Kier alpha value is -5.63. The maximum absolute atomic E-state index is 12.3. The lowest BCUT2D eigenvalue weighted by Crippen LogP contribution is -2.40. The lowest BCUT2D eigenvalue weighted by Gasteiger charge is -2.20. The van der Waals surface area contributed by atoms with E-state index in [9.17, 15) is 4.79 Å². The molecule has 2 heterocycles. The van der Waals surface area contributed by atoms with Gasteiger partial charge in [0, 0.05) is 65.1 Å². The van der Waals surface area contributed by atoms with Crippen molar-refractivity contribution >= 4 is 46.3 Å². The van der Waals surface area contributed by atoms with Crippen LogP contribution in [0, 0.1) is 39.0 Å². The molecule has 0 atom stereocenters. The topological polar surface area (TPSA) is 120 Å². The van der Waals surface area contributed by atoms with Crippen molar-refractivity contribution in [2.75, 3.05) is 19.3 Å². The predicted molar refractivity (Wildman–Crippen MR) is 235 cm³/mol. The molecule has 0 spiro atoms. The Balaban J connectivity index is 0.000000214. The number of aromatic nitrogens is 2. The fourth-order valence-electron chi connectivity index (χ4n) is 5.82. The standard InChI is InChI=1S/C23H24N4S.C23H27N3OS/c1-5-27(4)15-25-21-11-16(2)20(10-17(21)3)12-23-26-22(14-28-23)19-8-6-18(13-24)7-9-19;1-14-11-19(24)15(2)10-18(14)12-21-25-20(13-28-21)16-6-8-17(9-7-16)22(27)26-23(3,4)5/h6-11,14-15H,5,12H2,1-4H3;6-11,13H,12,24H2,1-5H3,(H,26,27). The second-order valence-electron chi connectivity index (χ2n) is 15.1. The Morgan fingerprint density at radius 1 is 0.821 bits per heavy atom. The van der Waals surface area contributed by atoms with E-state index in [1.807, 2.05) is 95.7 Å². The number of carbonyl (C=O) groups excluding carboxylic acids is 1. The summed E-state index contributed by atoms with van der Waals surface area (Å²) in [5, 5.41) is 18.2. The average Bonchev–Trinajstić information content (AvgIpc) is 3.84. The van der Waals surface area contributed by atoms with Crippen molar-refractivity contribution in [2.24, 2.45) is 4.99 Å². The fraction of sp³-hybridized carbons (Fsp3) is 0.283. The van der Waals surface area contributed by atoms with E-state index in [0.29, 0.717) is 11.1 Å².